The van der Waals surface area contributed by atoms with Gasteiger partial charge in [-0.15, -0.1) is 0 Å². The number of nitrogens with one attached hydrogen (secondary N) is 2. The summed E-state index contributed by atoms with van der Waals surface area (Å²) in [4.78, 5) is 19.6. The largest absolute Gasteiger partial charge is 0.350 e. The van der Waals surface area contributed by atoms with E-state index in [1.165, 1.54) is 19.3 Å². The van der Waals surface area contributed by atoms with Crippen LogP contribution in [0.25, 0.3) is 11.3 Å². The number of carbonyl (C=O) groups is 1. The molecule has 6 nitrogen and oxygen atoms in total. The number of aromatic nitrogens is 3. The van der Waals surface area contributed by atoms with Gasteiger partial charge in [0.2, 0.25) is 0 Å². The molecule has 0 aliphatic carbocycles. The van der Waals surface area contributed by atoms with Gasteiger partial charge in [-0.1, -0.05) is 42.8 Å². The molecule has 1 fully saturated rings. The van der Waals surface area contributed by atoms with Gasteiger partial charge < -0.3 is 5.32 Å². The van der Waals surface area contributed by atoms with E-state index in [9.17, 15) is 4.79 Å². The first-order chi connectivity index (χ1) is 13.8. The van der Waals surface area contributed by atoms with Crippen LogP contribution in [0, 0.1) is 0 Å². The number of piperidine rings is 1. The van der Waals surface area contributed by atoms with Crippen LogP contribution in [-0.2, 0) is 0 Å². The van der Waals surface area contributed by atoms with Crippen molar-refractivity contribution in [3.8, 4) is 11.3 Å². The molecule has 3 heterocycles. The maximum Gasteiger partial charge on any atom is 0.255 e. The summed E-state index contributed by atoms with van der Waals surface area (Å²) < 4.78 is 0. The minimum Gasteiger partial charge on any atom is -0.350 e. The first kappa shape index (κ1) is 18.4. The molecule has 1 saturated heterocycles. The van der Waals surface area contributed by atoms with E-state index >= 15 is 0 Å². The van der Waals surface area contributed by atoms with Gasteiger partial charge in [-0.25, -0.2) is 0 Å². The average Bonchev–Trinajstić information content (AvgIpc) is 3.26. The monoisotopic (exact) mass is 375 g/mol. The van der Waals surface area contributed by atoms with Crippen LogP contribution < -0.4 is 5.32 Å². The summed E-state index contributed by atoms with van der Waals surface area (Å²) >= 11 is 0. The van der Waals surface area contributed by atoms with E-state index in [-0.39, 0.29) is 11.9 Å². The normalized spacial score (nSPS) is 15.9. The maximum absolute atomic E-state index is 12.9. The number of aromatic amines is 1. The third-order valence-corrected chi connectivity index (χ3v) is 5.30. The molecular formula is C22H25N5O. The predicted molar refractivity (Wildman–Crippen MR) is 109 cm³/mol. The van der Waals surface area contributed by atoms with E-state index in [1.54, 1.807) is 12.4 Å². The predicted octanol–water partition coefficient (Wildman–Crippen LogP) is 3.43. The smallest absolute Gasteiger partial charge is 0.255 e. The lowest BCUT2D eigenvalue weighted by Gasteiger charge is -2.34. The van der Waals surface area contributed by atoms with Gasteiger partial charge in [0, 0.05) is 24.5 Å². The summed E-state index contributed by atoms with van der Waals surface area (Å²) in [5.41, 5.74) is 3.40. The van der Waals surface area contributed by atoms with Gasteiger partial charge in [-0.2, -0.15) is 5.10 Å². The average molecular weight is 375 g/mol. The third-order valence-electron chi connectivity index (χ3n) is 5.30. The standard InChI is InChI=1S/C22H25N5O/c28-22(19-15-25-26-21(19)17-8-3-1-4-9-17)24-16-20(18-10-7-11-23-14-18)27-12-5-2-6-13-27/h1,3-4,7-11,14-15,20H,2,5-6,12-13,16H2,(H,24,28)(H,25,26). The zero-order valence-electron chi connectivity index (χ0n) is 15.8. The summed E-state index contributed by atoms with van der Waals surface area (Å²) in [7, 11) is 0. The fraction of sp³-hybridized carbons (Fsp3) is 0.318. The summed E-state index contributed by atoms with van der Waals surface area (Å²) in [5.74, 6) is -0.112. The molecule has 4 rings (SSSR count). The minimum atomic E-state index is -0.112. The molecule has 0 spiro atoms. The topological polar surface area (TPSA) is 73.9 Å². The van der Waals surface area contributed by atoms with Crippen molar-refractivity contribution in [3.05, 3.63) is 72.2 Å². The van der Waals surface area contributed by atoms with E-state index in [0.29, 0.717) is 12.1 Å². The van der Waals surface area contributed by atoms with E-state index in [0.717, 1.165) is 29.9 Å². The van der Waals surface area contributed by atoms with Gasteiger partial charge in [0.15, 0.2) is 0 Å². The van der Waals surface area contributed by atoms with Crippen molar-refractivity contribution >= 4 is 5.91 Å². The molecule has 1 aromatic carbocycles. The molecule has 28 heavy (non-hydrogen) atoms. The second-order valence-electron chi connectivity index (χ2n) is 7.13. The lowest BCUT2D eigenvalue weighted by molar-refractivity contribution is 0.0925. The molecule has 1 amide bonds. The highest BCUT2D eigenvalue weighted by Crippen LogP contribution is 2.24. The zero-order chi connectivity index (χ0) is 19.2. The molecular weight excluding hydrogens is 350 g/mol. The van der Waals surface area contributed by atoms with Gasteiger partial charge >= 0.3 is 0 Å². The quantitative estimate of drug-likeness (QED) is 0.692. The Morgan fingerprint density at radius 1 is 1.07 bits per heavy atom. The number of hydrogen-bond donors (Lipinski definition) is 2. The van der Waals surface area contributed by atoms with Crippen molar-refractivity contribution in [1.29, 1.82) is 0 Å². The Morgan fingerprint density at radius 2 is 1.89 bits per heavy atom. The number of nitrogens with zero attached hydrogens (tertiary/aromatic N) is 3. The summed E-state index contributed by atoms with van der Waals surface area (Å²) in [6.07, 6.45) is 8.95. The van der Waals surface area contributed by atoms with Crippen molar-refractivity contribution in [2.24, 2.45) is 0 Å². The van der Waals surface area contributed by atoms with Gasteiger partial charge in [0.1, 0.15) is 0 Å². The van der Waals surface area contributed by atoms with Crippen LogP contribution in [0.3, 0.4) is 0 Å². The summed E-state index contributed by atoms with van der Waals surface area (Å²) in [6.45, 7) is 2.65. The number of hydrogen-bond acceptors (Lipinski definition) is 4. The Kier molecular flexibility index (Phi) is 5.77. The lowest BCUT2D eigenvalue weighted by Crippen LogP contribution is -2.40. The van der Waals surface area contributed by atoms with Crippen LogP contribution in [0.5, 0.6) is 0 Å². The number of pyridine rings is 1. The Hall–Kier alpha value is -2.99. The Bertz CT molecular complexity index is 888. The van der Waals surface area contributed by atoms with Crippen LogP contribution in [0.4, 0.5) is 0 Å². The van der Waals surface area contributed by atoms with E-state index in [2.05, 4.69) is 31.5 Å². The SMILES string of the molecule is O=C(NCC(c1cccnc1)N1CCCCC1)c1cn[nH]c1-c1ccccc1. The Morgan fingerprint density at radius 3 is 2.64 bits per heavy atom. The number of H-pyrrole nitrogens is 1. The molecule has 1 atom stereocenters. The summed E-state index contributed by atoms with van der Waals surface area (Å²) in [6, 6.07) is 14.0. The number of benzene rings is 1. The van der Waals surface area contributed by atoms with Gasteiger partial charge in [0.25, 0.3) is 5.91 Å². The van der Waals surface area contributed by atoms with Crippen molar-refractivity contribution in [2.45, 2.75) is 25.3 Å². The second kappa shape index (κ2) is 8.80. The van der Waals surface area contributed by atoms with Crippen LogP contribution in [0.1, 0.15) is 41.2 Å². The van der Waals surface area contributed by atoms with Crippen LogP contribution >= 0.6 is 0 Å². The highest BCUT2D eigenvalue weighted by Gasteiger charge is 2.24. The first-order valence-electron chi connectivity index (χ1n) is 9.84. The highest BCUT2D eigenvalue weighted by atomic mass is 16.1. The van der Waals surface area contributed by atoms with Crippen molar-refractivity contribution in [1.82, 2.24) is 25.4 Å². The fourth-order valence-electron chi connectivity index (χ4n) is 3.83. The van der Waals surface area contributed by atoms with Gasteiger partial charge in [-0.3, -0.25) is 19.8 Å². The van der Waals surface area contributed by atoms with Crippen LogP contribution in [0.15, 0.2) is 61.1 Å². The lowest BCUT2D eigenvalue weighted by atomic mass is 10.0. The summed E-state index contributed by atoms with van der Waals surface area (Å²) in [5, 5.41) is 10.2. The molecule has 6 heteroatoms. The van der Waals surface area contributed by atoms with E-state index in [1.807, 2.05) is 42.6 Å². The van der Waals surface area contributed by atoms with E-state index in [4.69, 9.17) is 0 Å². The van der Waals surface area contributed by atoms with Crippen molar-refractivity contribution in [3.63, 3.8) is 0 Å². The molecule has 144 valence electrons. The molecule has 1 aliphatic heterocycles. The number of rotatable bonds is 6. The Labute approximate surface area is 165 Å². The second-order valence-corrected chi connectivity index (χ2v) is 7.13. The minimum absolute atomic E-state index is 0.112. The molecule has 2 N–H and O–H groups in total. The number of carbonyl (C=O) groups excluding carboxylic acids is 1. The maximum atomic E-state index is 12.9. The van der Waals surface area contributed by atoms with Crippen LogP contribution in [0.2, 0.25) is 0 Å². The molecule has 1 aliphatic rings. The van der Waals surface area contributed by atoms with Crippen molar-refractivity contribution < 1.29 is 4.79 Å². The van der Waals surface area contributed by atoms with Gasteiger partial charge in [-0.05, 0) is 37.6 Å². The fourth-order valence-corrected chi connectivity index (χ4v) is 3.83. The molecule has 0 radical (unpaired) electrons. The molecule has 3 aromatic rings. The molecule has 2 aromatic heterocycles. The van der Waals surface area contributed by atoms with E-state index < -0.39 is 0 Å². The molecule has 1 unspecified atom stereocenters. The molecule has 0 saturated carbocycles. The highest BCUT2D eigenvalue weighted by molar-refractivity contribution is 5.99. The number of likely N-dealkylation sites (tertiary alicyclic amines) is 1. The first-order valence-corrected chi connectivity index (χ1v) is 9.84. The van der Waals surface area contributed by atoms with Crippen LogP contribution in [-0.4, -0.2) is 45.6 Å². The van der Waals surface area contributed by atoms with Gasteiger partial charge in [0.05, 0.1) is 23.5 Å². The number of amides is 1. The van der Waals surface area contributed by atoms with Crippen molar-refractivity contribution in [2.75, 3.05) is 19.6 Å². The molecule has 0 bridgehead atoms. The zero-order valence-corrected chi connectivity index (χ0v) is 15.8. The Balaban J connectivity index is 1.50. The third kappa shape index (κ3) is 4.12.